The Morgan fingerprint density at radius 3 is 2.50 bits per heavy atom. The number of carboxylic acids is 2. The monoisotopic (exact) mass is 547 g/mol. The van der Waals surface area contributed by atoms with Crippen LogP contribution < -0.4 is 5.32 Å². The minimum Gasteiger partial charge on any atom is -0.479 e. The lowest BCUT2D eigenvalue weighted by atomic mass is 9.94. The molecule has 38 heavy (non-hydrogen) atoms. The van der Waals surface area contributed by atoms with E-state index in [1.807, 2.05) is 6.92 Å². The van der Waals surface area contributed by atoms with Crippen LogP contribution in [-0.2, 0) is 25.5 Å². The van der Waals surface area contributed by atoms with Crippen molar-refractivity contribution in [3.8, 4) is 12.3 Å². The van der Waals surface area contributed by atoms with E-state index in [1.165, 1.54) is 10.9 Å². The van der Waals surface area contributed by atoms with E-state index < -0.39 is 55.6 Å². The average molecular weight is 548 g/mol. The largest absolute Gasteiger partial charge is 0.479 e. The van der Waals surface area contributed by atoms with Gasteiger partial charge in [-0.2, -0.15) is 9.97 Å². The van der Waals surface area contributed by atoms with Gasteiger partial charge in [0, 0.05) is 13.0 Å². The van der Waals surface area contributed by atoms with Gasteiger partial charge in [0.1, 0.15) is 6.10 Å². The van der Waals surface area contributed by atoms with Crippen LogP contribution in [0.4, 0.5) is 5.82 Å². The maximum atomic E-state index is 12.1. The summed E-state index contributed by atoms with van der Waals surface area (Å²) in [4.78, 5) is 36.6. The molecule has 0 unspecified atom stereocenters. The van der Waals surface area contributed by atoms with E-state index >= 15 is 0 Å². The number of aliphatic hydroxyl groups excluding tert-OH is 2. The van der Waals surface area contributed by atoms with Gasteiger partial charge in [-0.05, 0) is 24.1 Å². The topological polar surface area (TPSA) is 189 Å². The van der Waals surface area contributed by atoms with Gasteiger partial charge < -0.3 is 35.2 Å². The van der Waals surface area contributed by atoms with Gasteiger partial charge in [0.05, 0.1) is 19.5 Å². The Labute approximate surface area is 222 Å². The van der Waals surface area contributed by atoms with E-state index in [0.29, 0.717) is 23.4 Å². The summed E-state index contributed by atoms with van der Waals surface area (Å²) in [5.74, 6) is -1.04. The minimum atomic E-state index is -2.68. The summed E-state index contributed by atoms with van der Waals surface area (Å²) in [6, 6.07) is 8.06. The number of halogens is 1. The fourth-order valence-electron chi connectivity index (χ4n) is 3.61. The number of fused-ring (bicyclic) bond motifs is 1. The quantitative estimate of drug-likeness (QED) is 0.109. The number of aliphatic hydroxyl groups is 2. The Morgan fingerprint density at radius 1 is 1.24 bits per heavy atom. The zero-order valence-corrected chi connectivity index (χ0v) is 20.9. The normalized spacial score (nSPS) is 14.0. The number of terminal acetylenes is 1. The van der Waals surface area contributed by atoms with Crippen LogP contribution in [0.25, 0.3) is 11.2 Å². The second kappa shape index (κ2) is 12.6. The van der Waals surface area contributed by atoms with Crippen molar-refractivity contribution in [1.29, 1.82) is 0 Å². The first-order chi connectivity index (χ1) is 18.2. The number of aliphatic carboxylic acids is 2. The van der Waals surface area contributed by atoms with Crippen molar-refractivity contribution in [3.63, 3.8) is 0 Å². The van der Waals surface area contributed by atoms with Gasteiger partial charge in [0.2, 0.25) is 5.28 Å². The highest BCUT2D eigenvalue weighted by Crippen LogP contribution is 2.27. The first-order valence-corrected chi connectivity index (χ1v) is 11.7. The zero-order chi connectivity index (χ0) is 27.9. The zero-order valence-electron chi connectivity index (χ0n) is 20.2. The van der Waals surface area contributed by atoms with Gasteiger partial charge >= 0.3 is 11.9 Å². The molecule has 0 radical (unpaired) electrons. The molecular formula is C24H26ClN5O8. The smallest absolute Gasteiger partial charge is 0.348 e. The number of imidazole rings is 1. The maximum absolute atomic E-state index is 12.1. The molecule has 0 fully saturated rings. The molecule has 202 valence electrons. The summed E-state index contributed by atoms with van der Waals surface area (Å²) < 4.78 is 12.5. The second-order valence-electron chi connectivity index (χ2n) is 8.05. The standard InChI is InChI=1S/C24H26ClN5O8/c1-3-16(32)20(30-13-27-17-18(26-4-2)28-23(25)29-19(17)30)38-15(11-31)12-37-24(21(33)34,22(35)36)10-14-8-6-5-7-9-14/h1,5-9,13,15-16,20,31-32H,4,10-12H2,2H3,(H,33,34)(H,35,36)(H,26,28,29)/t15-,16+,20+/m0/s1. The van der Waals surface area contributed by atoms with Crippen molar-refractivity contribution in [2.24, 2.45) is 0 Å². The molecule has 14 heteroatoms. The van der Waals surface area contributed by atoms with E-state index in [-0.39, 0.29) is 10.9 Å². The maximum Gasteiger partial charge on any atom is 0.348 e. The van der Waals surface area contributed by atoms with Crippen molar-refractivity contribution in [2.75, 3.05) is 25.1 Å². The number of rotatable bonds is 14. The molecule has 3 rings (SSSR count). The van der Waals surface area contributed by atoms with Crippen LogP contribution in [0.5, 0.6) is 0 Å². The molecule has 0 spiro atoms. The summed E-state index contributed by atoms with van der Waals surface area (Å²) in [6.07, 6.45) is 1.88. The predicted molar refractivity (Wildman–Crippen MR) is 134 cm³/mol. The van der Waals surface area contributed by atoms with Gasteiger partial charge in [-0.1, -0.05) is 36.3 Å². The van der Waals surface area contributed by atoms with Crippen molar-refractivity contribution in [3.05, 3.63) is 47.5 Å². The van der Waals surface area contributed by atoms with E-state index in [4.69, 9.17) is 27.5 Å². The number of benzene rings is 1. The third-order valence-electron chi connectivity index (χ3n) is 5.49. The minimum absolute atomic E-state index is 0.125. The number of carboxylic acid groups (broad SMARTS) is 2. The molecule has 0 bridgehead atoms. The Morgan fingerprint density at radius 2 is 1.92 bits per heavy atom. The number of nitrogens with zero attached hydrogens (tertiary/aromatic N) is 4. The van der Waals surface area contributed by atoms with Gasteiger partial charge in [0.15, 0.2) is 29.3 Å². The summed E-state index contributed by atoms with van der Waals surface area (Å²) in [5, 5.41) is 42.9. The molecular weight excluding hydrogens is 522 g/mol. The fraction of sp³-hybridized carbons (Fsp3) is 0.375. The summed E-state index contributed by atoms with van der Waals surface area (Å²) in [7, 11) is 0. The van der Waals surface area contributed by atoms with Crippen molar-refractivity contribution in [1.82, 2.24) is 19.5 Å². The Balaban J connectivity index is 1.91. The molecule has 3 aromatic rings. The predicted octanol–water partition coefficient (Wildman–Crippen LogP) is 0.949. The molecule has 2 aromatic heterocycles. The van der Waals surface area contributed by atoms with Gasteiger partial charge in [-0.25, -0.2) is 14.6 Å². The highest BCUT2D eigenvalue weighted by atomic mass is 35.5. The SMILES string of the molecule is C#C[C@@H](O)[C@@H](O[C@@H](CO)COC(Cc1ccccc1)(C(=O)O)C(=O)O)n1cnc2c(NCC)nc(Cl)nc21. The first kappa shape index (κ1) is 28.8. The Hall–Kier alpha value is -3.80. The third-order valence-corrected chi connectivity index (χ3v) is 5.66. The van der Waals surface area contributed by atoms with Crippen LogP contribution in [0.15, 0.2) is 36.7 Å². The van der Waals surface area contributed by atoms with Crippen molar-refractivity contribution < 1.29 is 39.5 Å². The summed E-state index contributed by atoms with van der Waals surface area (Å²) in [6.45, 7) is 0.926. The fourth-order valence-corrected chi connectivity index (χ4v) is 3.77. The Bertz CT molecular complexity index is 1300. The molecule has 0 amide bonds. The van der Waals surface area contributed by atoms with Crippen molar-refractivity contribution >= 4 is 40.5 Å². The van der Waals surface area contributed by atoms with Crippen LogP contribution in [-0.4, -0.2) is 89.5 Å². The molecule has 0 aliphatic heterocycles. The highest BCUT2D eigenvalue weighted by Gasteiger charge is 2.49. The van der Waals surface area contributed by atoms with Crippen LogP contribution in [0.2, 0.25) is 5.28 Å². The molecule has 0 aliphatic carbocycles. The summed E-state index contributed by atoms with van der Waals surface area (Å²) >= 11 is 6.05. The van der Waals surface area contributed by atoms with E-state index in [1.54, 1.807) is 30.3 Å². The molecule has 3 atom stereocenters. The number of hydrogen-bond acceptors (Lipinski definition) is 10. The third kappa shape index (κ3) is 6.18. The van der Waals surface area contributed by atoms with E-state index in [0.717, 1.165) is 0 Å². The average Bonchev–Trinajstić information content (AvgIpc) is 3.31. The highest BCUT2D eigenvalue weighted by molar-refractivity contribution is 6.28. The van der Waals surface area contributed by atoms with Crippen LogP contribution in [0.1, 0.15) is 18.7 Å². The van der Waals surface area contributed by atoms with Gasteiger partial charge in [-0.3, -0.25) is 4.57 Å². The number of hydrogen-bond donors (Lipinski definition) is 5. The van der Waals surface area contributed by atoms with Crippen LogP contribution >= 0.6 is 11.6 Å². The second-order valence-corrected chi connectivity index (χ2v) is 8.39. The van der Waals surface area contributed by atoms with E-state index in [9.17, 15) is 30.0 Å². The molecule has 0 saturated carbocycles. The number of ether oxygens (including phenoxy) is 2. The lowest BCUT2D eigenvalue weighted by Gasteiger charge is -2.30. The lowest BCUT2D eigenvalue weighted by molar-refractivity contribution is -0.195. The lowest BCUT2D eigenvalue weighted by Crippen LogP contribution is -2.52. The van der Waals surface area contributed by atoms with Crippen LogP contribution in [0.3, 0.4) is 0 Å². The first-order valence-electron chi connectivity index (χ1n) is 11.4. The molecule has 2 heterocycles. The number of anilines is 1. The van der Waals surface area contributed by atoms with Crippen molar-refractivity contribution in [2.45, 2.75) is 37.4 Å². The number of nitrogens with one attached hydrogen (secondary N) is 1. The van der Waals surface area contributed by atoms with Gasteiger partial charge in [-0.15, -0.1) is 6.42 Å². The molecule has 1 aromatic carbocycles. The molecule has 5 N–H and O–H groups in total. The number of carbonyl (C=O) groups is 2. The number of aromatic nitrogens is 4. The molecule has 0 aliphatic rings. The molecule has 0 saturated heterocycles. The summed E-state index contributed by atoms with van der Waals surface area (Å²) in [5.41, 5.74) is -1.84. The Kier molecular flexibility index (Phi) is 9.56. The van der Waals surface area contributed by atoms with Gasteiger partial charge in [0.25, 0.3) is 5.60 Å². The van der Waals surface area contributed by atoms with Crippen LogP contribution in [0, 0.1) is 12.3 Å². The molecule has 13 nitrogen and oxygen atoms in total. The van der Waals surface area contributed by atoms with E-state index in [2.05, 4.69) is 26.2 Å².